The highest BCUT2D eigenvalue weighted by Crippen LogP contribution is 2.17. The van der Waals surface area contributed by atoms with Crippen molar-refractivity contribution >= 4 is 17.2 Å². The second-order valence-corrected chi connectivity index (χ2v) is 7.44. The molecule has 1 aliphatic heterocycles. The predicted molar refractivity (Wildman–Crippen MR) is 95.0 cm³/mol. The lowest BCUT2D eigenvalue weighted by Crippen LogP contribution is -2.35. The van der Waals surface area contributed by atoms with Crippen LogP contribution >= 0.6 is 11.3 Å². The number of aliphatic hydroxyl groups is 1. The topological polar surface area (TPSA) is 65.5 Å². The Hall–Kier alpha value is -1.76. The van der Waals surface area contributed by atoms with Crippen LogP contribution in [0.1, 0.15) is 38.6 Å². The van der Waals surface area contributed by atoms with E-state index in [2.05, 4.69) is 27.3 Å². The van der Waals surface area contributed by atoms with E-state index in [1.807, 2.05) is 19.1 Å². The van der Waals surface area contributed by atoms with E-state index < -0.39 is 0 Å². The van der Waals surface area contributed by atoms with Gasteiger partial charge in [0.2, 0.25) is 0 Å². The molecule has 0 saturated carbocycles. The number of nitrogens with one attached hydrogen (secondary N) is 1. The van der Waals surface area contributed by atoms with E-state index in [1.165, 1.54) is 16.9 Å². The number of amides is 1. The molecule has 1 aromatic heterocycles. The highest BCUT2D eigenvalue weighted by molar-refractivity contribution is 7.13. The standard InChI is InChI=1S/C18H23N3O2S/c1-13-19-11-17(24-13)18(23)20-10-14-4-2-3-5-15(14)12-21-8-6-16(22)7-9-21/h2-5,11,16,22H,6-10,12H2,1H3,(H,20,23). The minimum atomic E-state index is -0.154. The van der Waals surface area contributed by atoms with Crippen molar-refractivity contribution in [2.24, 2.45) is 0 Å². The molecular weight excluding hydrogens is 322 g/mol. The van der Waals surface area contributed by atoms with E-state index in [9.17, 15) is 9.90 Å². The van der Waals surface area contributed by atoms with Gasteiger partial charge < -0.3 is 10.4 Å². The molecule has 2 heterocycles. The monoisotopic (exact) mass is 345 g/mol. The van der Waals surface area contributed by atoms with E-state index in [4.69, 9.17) is 0 Å². The summed E-state index contributed by atoms with van der Waals surface area (Å²) in [4.78, 5) is 19.3. The molecule has 1 amide bonds. The van der Waals surface area contributed by atoms with Crippen molar-refractivity contribution in [3.8, 4) is 0 Å². The third-order valence-corrected chi connectivity index (χ3v) is 5.27. The second-order valence-electron chi connectivity index (χ2n) is 6.20. The van der Waals surface area contributed by atoms with Gasteiger partial charge in [0.15, 0.2) is 0 Å². The van der Waals surface area contributed by atoms with Gasteiger partial charge in [0.05, 0.1) is 17.3 Å². The van der Waals surface area contributed by atoms with Crippen LogP contribution in [0.5, 0.6) is 0 Å². The lowest BCUT2D eigenvalue weighted by Gasteiger charge is -2.30. The number of carbonyl (C=O) groups is 1. The fourth-order valence-corrected chi connectivity index (χ4v) is 3.63. The smallest absolute Gasteiger partial charge is 0.263 e. The SMILES string of the molecule is Cc1ncc(C(=O)NCc2ccccc2CN2CCC(O)CC2)s1. The van der Waals surface area contributed by atoms with Gasteiger partial charge in [-0.3, -0.25) is 9.69 Å². The predicted octanol–water partition coefficient (Wildman–Crippen LogP) is 2.34. The summed E-state index contributed by atoms with van der Waals surface area (Å²) in [5, 5.41) is 13.5. The summed E-state index contributed by atoms with van der Waals surface area (Å²) in [6.07, 6.45) is 3.15. The van der Waals surface area contributed by atoms with Crippen LogP contribution < -0.4 is 5.32 Å². The first kappa shape index (κ1) is 17.1. The number of hydrogen-bond donors (Lipinski definition) is 2. The van der Waals surface area contributed by atoms with Gasteiger partial charge in [0.25, 0.3) is 5.91 Å². The molecule has 24 heavy (non-hydrogen) atoms. The van der Waals surface area contributed by atoms with E-state index >= 15 is 0 Å². The Bertz CT molecular complexity index is 693. The summed E-state index contributed by atoms with van der Waals surface area (Å²) in [6.45, 7) is 5.11. The van der Waals surface area contributed by atoms with Crippen LogP contribution in [0, 0.1) is 6.92 Å². The van der Waals surface area contributed by atoms with Gasteiger partial charge in [0, 0.05) is 26.2 Å². The summed E-state index contributed by atoms with van der Waals surface area (Å²) in [5.41, 5.74) is 2.37. The van der Waals surface area contributed by atoms with Crippen molar-refractivity contribution in [3.05, 3.63) is 51.5 Å². The zero-order chi connectivity index (χ0) is 16.9. The number of rotatable bonds is 5. The van der Waals surface area contributed by atoms with Crippen molar-refractivity contribution < 1.29 is 9.90 Å². The lowest BCUT2D eigenvalue weighted by molar-refractivity contribution is 0.0790. The van der Waals surface area contributed by atoms with Gasteiger partial charge in [-0.1, -0.05) is 24.3 Å². The third-order valence-electron chi connectivity index (χ3n) is 4.35. The Kier molecular flexibility index (Phi) is 5.60. The molecule has 6 heteroatoms. The van der Waals surface area contributed by atoms with Crippen LogP contribution in [-0.4, -0.2) is 40.1 Å². The first-order valence-electron chi connectivity index (χ1n) is 8.29. The molecule has 2 aromatic rings. The number of carbonyl (C=O) groups excluding carboxylic acids is 1. The van der Waals surface area contributed by atoms with Crippen molar-refractivity contribution in [1.29, 1.82) is 0 Å². The largest absolute Gasteiger partial charge is 0.393 e. The number of nitrogens with zero attached hydrogens (tertiary/aromatic N) is 2. The summed E-state index contributed by atoms with van der Waals surface area (Å²) >= 11 is 1.41. The number of piperidine rings is 1. The second kappa shape index (κ2) is 7.88. The molecule has 0 unspecified atom stereocenters. The molecular formula is C18H23N3O2S. The molecule has 5 nitrogen and oxygen atoms in total. The van der Waals surface area contributed by atoms with Crippen LogP contribution in [0.15, 0.2) is 30.5 Å². The number of benzene rings is 1. The van der Waals surface area contributed by atoms with E-state index in [1.54, 1.807) is 6.20 Å². The van der Waals surface area contributed by atoms with Crippen LogP contribution in [-0.2, 0) is 13.1 Å². The van der Waals surface area contributed by atoms with Gasteiger partial charge in [-0.05, 0) is 30.9 Å². The Labute approximate surface area is 146 Å². The maximum atomic E-state index is 12.2. The maximum absolute atomic E-state index is 12.2. The molecule has 1 aromatic carbocycles. The molecule has 128 valence electrons. The highest BCUT2D eigenvalue weighted by Gasteiger charge is 2.18. The minimum absolute atomic E-state index is 0.0727. The Balaban J connectivity index is 1.60. The number of aromatic nitrogens is 1. The van der Waals surface area contributed by atoms with E-state index in [-0.39, 0.29) is 12.0 Å². The Morgan fingerprint density at radius 2 is 2.04 bits per heavy atom. The quantitative estimate of drug-likeness (QED) is 0.873. The van der Waals surface area contributed by atoms with Crippen molar-refractivity contribution in [2.45, 2.75) is 39.0 Å². The average Bonchev–Trinajstić information content (AvgIpc) is 3.02. The van der Waals surface area contributed by atoms with Gasteiger partial charge in [0.1, 0.15) is 4.88 Å². The number of aliphatic hydroxyl groups excluding tert-OH is 1. The van der Waals surface area contributed by atoms with Gasteiger partial charge in [-0.15, -0.1) is 11.3 Å². The minimum Gasteiger partial charge on any atom is -0.393 e. The molecule has 2 N–H and O–H groups in total. The van der Waals surface area contributed by atoms with Gasteiger partial charge in [-0.25, -0.2) is 4.98 Å². The summed E-state index contributed by atoms with van der Waals surface area (Å²) in [7, 11) is 0. The lowest BCUT2D eigenvalue weighted by atomic mass is 10.0. The molecule has 0 aliphatic carbocycles. The summed E-state index contributed by atoms with van der Waals surface area (Å²) < 4.78 is 0. The summed E-state index contributed by atoms with van der Waals surface area (Å²) in [6, 6.07) is 8.21. The number of hydrogen-bond acceptors (Lipinski definition) is 5. The van der Waals surface area contributed by atoms with Crippen molar-refractivity contribution in [3.63, 3.8) is 0 Å². The molecule has 0 spiro atoms. The molecule has 1 fully saturated rings. The first-order valence-corrected chi connectivity index (χ1v) is 9.11. The Morgan fingerprint density at radius 1 is 1.33 bits per heavy atom. The highest BCUT2D eigenvalue weighted by atomic mass is 32.1. The molecule has 1 saturated heterocycles. The van der Waals surface area contributed by atoms with Gasteiger partial charge >= 0.3 is 0 Å². The molecule has 0 atom stereocenters. The molecule has 0 radical (unpaired) electrons. The van der Waals surface area contributed by atoms with Crippen LogP contribution in [0.2, 0.25) is 0 Å². The number of thiazole rings is 1. The van der Waals surface area contributed by atoms with Crippen LogP contribution in [0.3, 0.4) is 0 Å². The Morgan fingerprint density at radius 3 is 2.71 bits per heavy atom. The molecule has 0 bridgehead atoms. The zero-order valence-electron chi connectivity index (χ0n) is 13.9. The van der Waals surface area contributed by atoms with E-state index in [0.717, 1.165) is 43.0 Å². The van der Waals surface area contributed by atoms with Crippen molar-refractivity contribution in [2.75, 3.05) is 13.1 Å². The fourth-order valence-electron chi connectivity index (χ4n) is 2.93. The zero-order valence-corrected chi connectivity index (χ0v) is 14.7. The van der Waals surface area contributed by atoms with Crippen LogP contribution in [0.4, 0.5) is 0 Å². The van der Waals surface area contributed by atoms with Crippen molar-refractivity contribution in [1.82, 2.24) is 15.2 Å². The van der Waals surface area contributed by atoms with Gasteiger partial charge in [-0.2, -0.15) is 0 Å². The average molecular weight is 345 g/mol. The number of aryl methyl sites for hydroxylation is 1. The number of likely N-dealkylation sites (tertiary alicyclic amines) is 1. The van der Waals surface area contributed by atoms with Crippen LogP contribution in [0.25, 0.3) is 0 Å². The fraction of sp³-hybridized carbons (Fsp3) is 0.444. The van der Waals surface area contributed by atoms with E-state index in [0.29, 0.717) is 11.4 Å². The third kappa shape index (κ3) is 4.41. The first-order chi connectivity index (χ1) is 11.6. The molecule has 3 rings (SSSR count). The molecule has 1 aliphatic rings. The normalized spacial score (nSPS) is 16.2. The maximum Gasteiger partial charge on any atom is 0.263 e. The summed E-state index contributed by atoms with van der Waals surface area (Å²) in [5.74, 6) is -0.0727.